The first-order valence-corrected chi connectivity index (χ1v) is 40.2. The average molecular weight is 1340 g/mol. The smallest absolute Gasteiger partial charge is 0.462 e. The molecular formula is C72H140O17P2. The summed E-state index contributed by atoms with van der Waals surface area (Å²) in [6.45, 7) is 14.1. The Hall–Kier alpha value is -1.94. The predicted molar refractivity (Wildman–Crippen MR) is 367 cm³/mol. The molecule has 6 atom stereocenters. The molecule has 0 aliphatic carbocycles. The van der Waals surface area contributed by atoms with E-state index in [1.807, 2.05) is 0 Å². The van der Waals surface area contributed by atoms with E-state index in [0.717, 1.165) is 114 Å². The van der Waals surface area contributed by atoms with Crippen LogP contribution in [0, 0.1) is 23.7 Å². The van der Waals surface area contributed by atoms with Crippen LogP contribution in [0.1, 0.15) is 357 Å². The first kappa shape index (κ1) is 89.1. The summed E-state index contributed by atoms with van der Waals surface area (Å²) in [4.78, 5) is 72.5. The van der Waals surface area contributed by atoms with Crippen molar-refractivity contribution in [2.45, 2.75) is 375 Å². The van der Waals surface area contributed by atoms with Crippen LogP contribution in [0.5, 0.6) is 0 Å². The molecule has 0 heterocycles. The molecule has 0 aliphatic heterocycles. The summed E-state index contributed by atoms with van der Waals surface area (Å²) in [5.74, 6) is 0.832. The minimum Gasteiger partial charge on any atom is -0.462 e. The summed E-state index contributed by atoms with van der Waals surface area (Å²) in [7, 11) is -9.90. The minimum atomic E-state index is -4.95. The van der Waals surface area contributed by atoms with Gasteiger partial charge in [-0.3, -0.25) is 37.3 Å². The maximum absolute atomic E-state index is 13.0. The first-order chi connectivity index (χ1) is 43.6. The van der Waals surface area contributed by atoms with Crippen molar-refractivity contribution in [2.24, 2.45) is 23.7 Å². The summed E-state index contributed by atoms with van der Waals surface area (Å²) in [5.41, 5.74) is 0. The van der Waals surface area contributed by atoms with E-state index in [4.69, 9.17) is 37.0 Å². The van der Waals surface area contributed by atoms with Gasteiger partial charge in [-0.25, -0.2) is 9.13 Å². The number of carbonyl (C=O) groups excluding carboxylic acids is 4. The highest BCUT2D eigenvalue weighted by Gasteiger charge is 2.30. The average Bonchev–Trinajstić information content (AvgIpc) is 2.73. The molecule has 0 amide bonds. The summed E-state index contributed by atoms with van der Waals surface area (Å²) in [6, 6.07) is 0. The monoisotopic (exact) mass is 1340 g/mol. The van der Waals surface area contributed by atoms with E-state index in [-0.39, 0.29) is 25.7 Å². The normalized spacial score (nSPS) is 14.5. The Bertz CT molecular complexity index is 1800. The summed E-state index contributed by atoms with van der Waals surface area (Å²) < 4.78 is 68.3. The Kier molecular flexibility index (Phi) is 60.3. The molecule has 17 nitrogen and oxygen atoms in total. The van der Waals surface area contributed by atoms with Gasteiger partial charge in [0.05, 0.1) is 26.4 Å². The molecule has 19 heteroatoms. The van der Waals surface area contributed by atoms with Crippen LogP contribution in [0.25, 0.3) is 0 Å². The quantitative estimate of drug-likeness (QED) is 0.0222. The minimum absolute atomic E-state index is 0.103. The number of esters is 4. The van der Waals surface area contributed by atoms with Crippen LogP contribution in [0.15, 0.2) is 0 Å². The number of hydrogen-bond donors (Lipinski definition) is 3. The van der Waals surface area contributed by atoms with Gasteiger partial charge in [0, 0.05) is 25.7 Å². The van der Waals surface area contributed by atoms with Gasteiger partial charge in [-0.05, 0) is 49.4 Å². The molecule has 0 aliphatic rings. The lowest BCUT2D eigenvalue weighted by Crippen LogP contribution is -2.30. The van der Waals surface area contributed by atoms with Crippen molar-refractivity contribution in [3.8, 4) is 0 Å². The van der Waals surface area contributed by atoms with Gasteiger partial charge in [0.15, 0.2) is 12.2 Å². The van der Waals surface area contributed by atoms with E-state index in [0.29, 0.717) is 31.6 Å². The van der Waals surface area contributed by atoms with Gasteiger partial charge in [-0.2, -0.15) is 0 Å². The van der Waals surface area contributed by atoms with Gasteiger partial charge in [-0.15, -0.1) is 0 Å². The molecular weight excluding hydrogens is 1200 g/mol. The van der Waals surface area contributed by atoms with Crippen LogP contribution in [-0.2, 0) is 65.4 Å². The van der Waals surface area contributed by atoms with Crippen LogP contribution < -0.4 is 0 Å². The van der Waals surface area contributed by atoms with Crippen LogP contribution in [-0.4, -0.2) is 96.7 Å². The number of phosphoric acid groups is 2. The maximum atomic E-state index is 13.0. The second kappa shape index (κ2) is 61.6. The number of aliphatic hydroxyl groups is 1. The van der Waals surface area contributed by atoms with E-state index >= 15 is 0 Å². The van der Waals surface area contributed by atoms with E-state index in [1.165, 1.54) is 154 Å². The second-order valence-electron chi connectivity index (χ2n) is 27.6. The summed E-state index contributed by atoms with van der Waals surface area (Å²) in [5, 5.41) is 10.6. The summed E-state index contributed by atoms with van der Waals surface area (Å²) in [6.07, 6.45) is 44.7. The number of aliphatic hydroxyl groups excluding tert-OH is 1. The molecule has 91 heavy (non-hydrogen) atoms. The Balaban J connectivity index is 5.17. The van der Waals surface area contributed by atoms with Crippen LogP contribution in [0.4, 0.5) is 0 Å². The number of hydrogen-bond acceptors (Lipinski definition) is 15. The number of rotatable bonds is 69. The third-order valence-corrected chi connectivity index (χ3v) is 18.8. The molecule has 3 unspecified atom stereocenters. The van der Waals surface area contributed by atoms with Gasteiger partial charge in [0.2, 0.25) is 0 Å². The highest BCUT2D eigenvalue weighted by molar-refractivity contribution is 7.47. The number of carbonyl (C=O) groups is 4. The van der Waals surface area contributed by atoms with Crippen molar-refractivity contribution in [2.75, 3.05) is 39.6 Å². The highest BCUT2D eigenvalue weighted by Crippen LogP contribution is 2.45. The number of ether oxygens (including phenoxy) is 4. The van der Waals surface area contributed by atoms with E-state index in [9.17, 15) is 43.2 Å². The zero-order chi connectivity index (χ0) is 67.5. The van der Waals surface area contributed by atoms with Crippen molar-refractivity contribution >= 4 is 39.5 Å². The van der Waals surface area contributed by atoms with Crippen molar-refractivity contribution < 1.29 is 80.2 Å². The standard InChI is InChI=1S/C72H140O17P2/c1-9-65(8)51-43-35-29-31-39-47-55-72(77)89-68(58-82-69(74)52-44-36-26-22-17-15-13-11-10-12-14-16-20-24-32-40-48-62(2)3)61-87-91(80,81)85-57-66(73)56-84-90(78,79)86-60-67(59-83-70(75)53-45-37-30-28-34-42-50-64(6)7)88-71(76)54-46-38-27-23-19-18-21-25-33-41-49-63(4)5/h62-68,73H,9-61H2,1-8H3,(H,78,79)(H,80,81)/t65?,66-,67+,68+/m0/s1. The fraction of sp³-hybridized carbons (Fsp3) is 0.944. The maximum Gasteiger partial charge on any atom is 0.472 e. The SMILES string of the molecule is CCC(C)CCCCCCCCC(=O)O[C@H](COC(=O)CCCCCCCCCCCCCCCCCCC(C)C)COP(=O)(O)OC[C@@H](O)COP(=O)(O)OC[C@@H](COC(=O)CCCCCCCCC(C)C)OC(=O)CCCCCCCCCCCCC(C)C. The lowest BCUT2D eigenvalue weighted by atomic mass is 10.00. The molecule has 0 fully saturated rings. The molecule has 0 bridgehead atoms. The fourth-order valence-electron chi connectivity index (χ4n) is 10.8. The van der Waals surface area contributed by atoms with Crippen molar-refractivity contribution in [3.63, 3.8) is 0 Å². The van der Waals surface area contributed by atoms with Crippen LogP contribution in [0.2, 0.25) is 0 Å². The van der Waals surface area contributed by atoms with Gasteiger partial charge in [-0.1, -0.05) is 306 Å². The fourth-order valence-corrected chi connectivity index (χ4v) is 12.4. The van der Waals surface area contributed by atoms with Crippen LogP contribution in [0.3, 0.4) is 0 Å². The lowest BCUT2D eigenvalue weighted by Gasteiger charge is -2.21. The first-order valence-electron chi connectivity index (χ1n) is 37.2. The Labute approximate surface area is 556 Å². The third-order valence-electron chi connectivity index (χ3n) is 16.9. The Morgan fingerprint density at radius 1 is 0.308 bits per heavy atom. The number of unbranched alkanes of at least 4 members (excludes halogenated alkanes) is 34. The molecule has 0 rings (SSSR count). The van der Waals surface area contributed by atoms with Gasteiger partial charge >= 0.3 is 39.5 Å². The second-order valence-corrected chi connectivity index (χ2v) is 30.6. The zero-order valence-corrected chi connectivity index (χ0v) is 61.3. The number of phosphoric ester groups is 2. The van der Waals surface area contributed by atoms with E-state index < -0.39 is 97.5 Å². The van der Waals surface area contributed by atoms with E-state index in [2.05, 4.69) is 55.4 Å². The molecule has 0 spiro atoms. The Morgan fingerprint density at radius 3 is 0.780 bits per heavy atom. The third kappa shape index (κ3) is 65.1. The molecule has 0 saturated carbocycles. The van der Waals surface area contributed by atoms with Gasteiger partial charge in [0.1, 0.15) is 19.3 Å². The molecule has 0 radical (unpaired) electrons. The van der Waals surface area contributed by atoms with Crippen molar-refractivity contribution in [1.82, 2.24) is 0 Å². The van der Waals surface area contributed by atoms with Gasteiger partial charge < -0.3 is 33.8 Å². The van der Waals surface area contributed by atoms with Gasteiger partial charge in [0.25, 0.3) is 0 Å². The largest absolute Gasteiger partial charge is 0.472 e. The van der Waals surface area contributed by atoms with Crippen molar-refractivity contribution in [3.05, 3.63) is 0 Å². The van der Waals surface area contributed by atoms with Crippen molar-refractivity contribution in [1.29, 1.82) is 0 Å². The molecule has 540 valence electrons. The van der Waals surface area contributed by atoms with E-state index in [1.54, 1.807) is 0 Å². The molecule has 0 aromatic carbocycles. The zero-order valence-electron chi connectivity index (χ0n) is 59.5. The highest BCUT2D eigenvalue weighted by atomic mass is 31.2. The molecule has 0 aromatic heterocycles. The lowest BCUT2D eigenvalue weighted by molar-refractivity contribution is -0.161. The Morgan fingerprint density at radius 2 is 0.527 bits per heavy atom. The molecule has 0 saturated heterocycles. The predicted octanol–water partition coefficient (Wildman–Crippen LogP) is 20.5. The topological polar surface area (TPSA) is 237 Å². The molecule has 0 aromatic rings. The summed E-state index contributed by atoms with van der Waals surface area (Å²) >= 11 is 0. The molecule has 3 N–H and O–H groups in total. The van der Waals surface area contributed by atoms with Crippen LogP contribution >= 0.6 is 15.6 Å².